The number of ether oxygens (including phenoxy) is 2. The molecule has 0 spiro atoms. The molecule has 0 aliphatic carbocycles. The van der Waals surface area contributed by atoms with E-state index in [0.29, 0.717) is 0 Å². The van der Waals surface area contributed by atoms with E-state index in [2.05, 4.69) is 12.1 Å². The first-order valence-electron chi connectivity index (χ1n) is 7.56. The lowest BCUT2D eigenvalue weighted by atomic mass is 10.3. The molecule has 3 rings (SSSR count). The maximum absolute atomic E-state index is 13.4. The second-order valence-electron chi connectivity index (χ2n) is 5.16. The van der Waals surface area contributed by atoms with Gasteiger partial charge in [-0.15, -0.1) is 0 Å². The third-order valence-corrected chi connectivity index (χ3v) is 6.25. The van der Waals surface area contributed by atoms with Gasteiger partial charge in [-0.2, -0.15) is 0 Å². The SMILES string of the molecule is COc1ccccc1P(c1ccc(F)cc1)c1ccccc1OC. The highest BCUT2D eigenvalue weighted by Gasteiger charge is 2.23. The quantitative estimate of drug-likeness (QED) is 0.661. The minimum Gasteiger partial charge on any atom is -0.496 e. The standard InChI is InChI=1S/C20H18FO2P/c1-22-17-7-3-5-9-19(17)24(16-13-11-15(21)12-14-16)20-10-6-4-8-18(20)23-2/h3-14H,1-2H3. The Kier molecular flexibility index (Phi) is 5.12. The number of rotatable bonds is 5. The highest BCUT2D eigenvalue weighted by Crippen LogP contribution is 2.39. The third-order valence-electron chi connectivity index (χ3n) is 3.74. The molecule has 0 atom stereocenters. The molecule has 0 unspecified atom stereocenters. The van der Waals surface area contributed by atoms with E-state index in [9.17, 15) is 4.39 Å². The van der Waals surface area contributed by atoms with Gasteiger partial charge in [0, 0.05) is 10.6 Å². The summed E-state index contributed by atoms with van der Waals surface area (Å²) in [6.07, 6.45) is 0. The van der Waals surface area contributed by atoms with Gasteiger partial charge >= 0.3 is 0 Å². The van der Waals surface area contributed by atoms with E-state index in [-0.39, 0.29) is 5.82 Å². The van der Waals surface area contributed by atoms with Gasteiger partial charge in [0.1, 0.15) is 17.3 Å². The molecule has 122 valence electrons. The first kappa shape index (κ1) is 16.5. The number of hydrogen-bond donors (Lipinski definition) is 0. The van der Waals surface area contributed by atoms with Gasteiger partial charge in [-0.3, -0.25) is 0 Å². The first-order valence-corrected chi connectivity index (χ1v) is 8.90. The maximum atomic E-state index is 13.4. The zero-order valence-corrected chi connectivity index (χ0v) is 14.5. The number of benzene rings is 3. The van der Waals surface area contributed by atoms with E-state index in [1.54, 1.807) is 14.2 Å². The van der Waals surface area contributed by atoms with Crippen molar-refractivity contribution in [2.24, 2.45) is 0 Å². The predicted octanol–water partition coefficient (Wildman–Crippen LogP) is 3.60. The number of para-hydroxylation sites is 2. The van der Waals surface area contributed by atoms with Gasteiger partial charge in [0.2, 0.25) is 0 Å². The molecule has 0 fully saturated rings. The van der Waals surface area contributed by atoms with Crippen molar-refractivity contribution in [3.05, 3.63) is 78.6 Å². The fourth-order valence-corrected chi connectivity index (χ4v) is 5.13. The maximum Gasteiger partial charge on any atom is 0.127 e. The molecule has 0 aromatic heterocycles. The zero-order valence-electron chi connectivity index (χ0n) is 13.6. The van der Waals surface area contributed by atoms with Crippen LogP contribution in [-0.2, 0) is 0 Å². The third kappa shape index (κ3) is 3.27. The number of halogens is 1. The van der Waals surface area contributed by atoms with Crippen molar-refractivity contribution in [3.8, 4) is 11.5 Å². The Morgan fingerprint density at radius 3 is 1.58 bits per heavy atom. The van der Waals surface area contributed by atoms with E-state index in [1.165, 1.54) is 12.1 Å². The van der Waals surface area contributed by atoms with E-state index in [0.717, 1.165) is 27.4 Å². The molecular weight excluding hydrogens is 322 g/mol. The number of methoxy groups -OCH3 is 2. The fraction of sp³-hybridized carbons (Fsp3) is 0.100. The molecule has 0 bridgehead atoms. The lowest BCUT2D eigenvalue weighted by molar-refractivity contribution is 0.417. The molecule has 0 aliphatic rings. The van der Waals surface area contributed by atoms with E-state index in [4.69, 9.17) is 9.47 Å². The molecule has 0 radical (unpaired) electrons. The summed E-state index contributed by atoms with van der Waals surface area (Å²) >= 11 is 0. The second-order valence-corrected chi connectivity index (χ2v) is 7.31. The van der Waals surface area contributed by atoms with Gasteiger partial charge in [0.25, 0.3) is 0 Å². The van der Waals surface area contributed by atoms with Crippen LogP contribution < -0.4 is 25.4 Å². The number of hydrogen-bond acceptors (Lipinski definition) is 2. The van der Waals surface area contributed by atoms with Gasteiger partial charge in [-0.05, 0) is 37.5 Å². The van der Waals surface area contributed by atoms with Crippen LogP contribution in [0.4, 0.5) is 4.39 Å². The van der Waals surface area contributed by atoms with Crippen molar-refractivity contribution in [3.63, 3.8) is 0 Å². The largest absolute Gasteiger partial charge is 0.496 e. The Bertz CT molecular complexity index is 770. The molecule has 24 heavy (non-hydrogen) atoms. The lowest BCUT2D eigenvalue weighted by Gasteiger charge is -2.23. The molecule has 3 aromatic rings. The summed E-state index contributed by atoms with van der Waals surface area (Å²) < 4.78 is 24.5. The van der Waals surface area contributed by atoms with Crippen molar-refractivity contribution in [2.45, 2.75) is 0 Å². The highest BCUT2D eigenvalue weighted by molar-refractivity contribution is 7.80. The second kappa shape index (κ2) is 7.46. The van der Waals surface area contributed by atoms with Crippen LogP contribution in [0.5, 0.6) is 11.5 Å². The van der Waals surface area contributed by atoms with E-state index < -0.39 is 7.92 Å². The van der Waals surface area contributed by atoms with Crippen LogP contribution in [-0.4, -0.2) is 14.2 Å². The van der Waals surface area contributed by atoms with Crippen LogP contribution in [0.15, 0.2) is 72.8 Å². The molecule has 0 amide bonds. The molecule has 4 heteroatoms. The van der Waals surface area contributed by atoms with Crippen molar-refractivity contribution >= 4 is 23.8 Å². The normalized spacial score (nSPS) is 10.7. The lowest BCUT2D eigenvalue weighted by Crippen LogP contribution is -2.23. The Hall–Kier alpha value is -2.38. The molecular formula is C20H18FO2P. The Morgan fingerprint density at radius 2 is 1.12 bits per heavy atom. The summed E-state index contributed by atoms with van der Waals surface area (Å²) in [6, 6.07) is 22.5. The minimum atomic E-state index is -0.928. The van der Waals surface area contributed by atoms with Crippen molar-refractivity contribution in [2.75, 3.05) is 14.2 Å². The molecule has 0 N–H and O–H groups in total. The average molecular weight is 340 g/mol. The van der Waals surface area contributed by atoms with Crippen molar-refractivity contribution < 1.29 is 13.9 Å². The summed E-state index contributed by atoms with van der Waals surface area (Å²) in [5, 5.41) is 3.19. The first-order chi connectivity index (χ1) is 11.7. The molecule has 0 heterocycles. The van der Waals surface area contributed by atoms with E-state index >= 15 is 0 Å². The van der Waals surface area contributed by atoms with Crippen molar-refractivity contribution in [1.82, 2.24) is 0 Å². The van der Waals surface area contributed by atoms with Crippen LogP contribution in [0.3, 0.4) is 0 Å². The van der Waals surface area contributed by atoms with Gasteiger partial charge in [0.05, 0.1) is 14.2 Å². The summed E-state index contributed by atoms with van der Waals surface area (Å²) in [5.41, 5.74) is 0. The molecule has 2 nitrogen and oxygen atoms in total. The van der Waals surface area contributed by atoms with Gasteiger partial charge in [-0.25, -0.2) is 4.39 Å². The highest BCUT2D eigenvalue weighted by atomic mass is 31.1. The smallest absolute Gasteiger partial charge is 0.127 e. The summed E-state index contributed by atoms with van der Waals surface area (Å²) in [7, 11) is 2.40. The minimum absolute atomic E-state index is 0.242. The average Bonchev–Trinajstić information content (AvgIpc) is 2.64. The molecule has 3 aromatic carbocycles. The molecule has 0 saturated carbocycles. The van der Waals surface area contributed by atoms with Gasteiger partial charge in [0.15, 0.2) is 0 Å². The Morgan fingerprint density at radius 1 is 0.667 bits per heavy atom. The fourth-order valence-electron chi connectivity index (χ4n) is 2.63. The summed E-state index contributed by atoms with van der Waals surface area (Å²) in [5.74, 6) is 1.39. The Labute approximate surface area is 142 Å². The Balaban J connectivity index is 2.23. The van der Waals surface area contributed by atoms with Crippen molar-refractivity contribution in [1.29, 1.82) is 0 Å². The van der Waals surface area contributed by atoms with E-state index in [1.807, 2.05) is 48.5 Å². The van der Waals surface area contributed by atoms with Crippen LogP contribution in [0.25, 0.3) is 0 Å². The molecule has 0 saturated heterocycles. The topological polar surface area (TPSA) is 18.5 Å². The van der Waals surface area contributed by atoms with Crippen LogP contribution in [0, 0.1) is 5.82 Å². The monoisotopic (exact) mass is 340 g/mol. The van der Waals surface area contributed by atoms with Crippen LogP contribution >= 0.6 is 7.92 Å². The molecule has 0 aliphatic heterocycles. The predicted molar refractivity (Wildman–Crippen MR) is 98.2 cm³/mol. The van der Waals surface area contributed by atoms with Crippen LogP contribution in [0.1, 0.15) is 0 Å². The van der Waals surface area contributed by atoms with Crippen LogP contribution in [0.2, 0.25) is 0 Å². The van der Waals surface area contributed by atoms with Gasteiger partial charge < -0.3 is 9.47 Å². The summed E-state index contributed by atoms with van der Waals surface area (Å²) in [6.45, 7) is 0. The summed E-state index contributed by atoms with van der Waals surface area (Å²) in [4.78, 5) is 0. The van der Waals surface area contributed by atoms with Gasteiger partial charge in [-0.1, -0.05) is 48.5 Å². The zero-order chi connectivity index (χ0) is 16.9.